The summed E-state index contributed by atoms with van der Waals surface area (Å²) in [4.78, 5) is 12.0. The van der Waals surface area contributed by atoms with Crippen LogP contribution in [0.3, 0.4) is 0 Å². The van der Waals surface area contributed by atoms with Gasteiger partial charge in [0.2, 0.25) is 0 Å². The van der Waals surface area contributed by atoms with Crippen molar-refractivity contribution in [3.8, 4) is 11.5 Å². The van der Waals surface area contributed by atoms with E-state index >= 15 is 0 Å². The predicted molar refractivity (Wildman–Crippen MR) is 75.6 cm³/mol. The Morgan fingerprint density at radius 2 is 2.05 bits per heavy atom. The molecule has 1 aromatic carbocycles. The zero-order valence-electron chi connectivity index (χ0n) is 10.9. The van der Waals surface area contributed by atoms with Crippen molar-refractivity contribution >= 4 is 18.3 Å². The molecule has 6 heteroatoms. The Labute approximate surface area is 119 Å². The van der Waals surface area contributed by atoms with E-state index in [2.05, 4.69) is 10.6 Å². The van der Waals surface area contributed by atoms with E-state index < -0.39 is 0 Å². The molecule has 1 aliphatic rings. The number of carbonyl (C=O) groups is 1. The first-order chi connectivity index (χ1) is 8.83. The molecule has 1 amide bonds. The number of hydrogen-bond donors (Lipinski definition) is 2. The Bertz CT molecular complexity index is 426. The molecule has 0 saturated heterocycles. The molecule has 0 fully saturated rings. The van der Waals surface area contributed by atoms with E-state index in [1.165, 1.54) is 0 Å². The van der Waals surface area contributed by atoms with Crippen molar-refractivity contribution < 1.29 is 14.3 Å². The van der Waals surface area contributed by atoms with Gasteiger partial charge in [-0.15, -0.1) is 12.4 Å². The van der Waals surface area contributed by atoms with Gasteiger partial charge in [0.05, 0.1) is 5.56 Å². The quantitative estimate of drug-likeness (QED) is 0.799. The second-order valence-corrected chi connectivity index (χ2v) is 4.04. The van der Waals surface area contributed by atoms with E-state index in [0.29, 0.717) is 36.8 Å². The summed E-state index contributed by atoms with van der Waals surface area (Å²) < 4.78 is 10.9. The summed E-state index contributed by atoms with van der Waals surface area (Å²) in [5.74, 6) is 1.08. The van der Waals surface area contributed by atoms with Crippen LogP contribution in [0.1, 0.15) is 16.8 Å². The van der Waals surface area contributed by atoms with Crippen LogP contribution in [0.2, 0.25) is 0 Å². The van der Waals surface area contributed by atoms with Gasteiger partial charge < -0.3 is 20.1 Å². The van der Waals surface area contributed by atoms with Crippen molar-refractivity contribution in [2.24, 2.45) is 0 Å². The van der Waals surface area contributed by atoms with Crippen LogP contribution < -0.4 is 20.1 Å². The highest BCUT2D eigenvalue weighted by Gasteiger charge is 2.19. The Balaban J connectivity index is 0.00000180. The zero-order chi connectivity index (χ0) is 12.8. The van der Waals surface area contributed by atoms with Crippen LogP contribution in [0, 0.1) is 0 Å². The Hall–Kier alpha value is -1.46. The smallest absolute Gasteiger partial charge is 0.255 e. The summed E-state index contributed by atoms with van der Waals surface area (Å²) in [7, 11) is 1.89. The summed E-state index contributed by atoms with van der Waals surface area (Å²) in [5.41, 5.74) is 0.539. The molecule has 2 N–H and O–H groups in total. The van der Waals surface area contributed by atoms with Gasteiger partial charge in [-0.2, -0.15) is 0 Å². The SMILES string of the molecule is CNCCCNC(=O)c1cccc2c1OCCO2.Cl. The third-order valence-electron chi connectivity index (χ3n) is 2.70. The van der Waals surface area contributed by atoms with Crippen LogP contribution >= 0.6 is 12.4 Å². The van der Waals surface area contributed by atoms with Crippen molar-refractivity contribution in [2.75, 3.05) is 33.4 Å². The number of nitrogens with one attached hydrogen (secondary N) is 2. The van der Waals surface area contributed by atoms with Crippen LogP contribution in [0.15, 0.2) is 18.2 Å². The zero-order valence-corrected chi connectivity index (χ0v) is 11.7. The minimum atomic E-state index is -0.117. The fourth-order valence-corrected chi connectivity index (χ4v) is 1.81. The molecule has 0 atom stereocenters. The van der Waals surface area contributed by atoms with Crippen LogP contribution in [-0.2, 0) is 0 Å². The lowest BCUT2D eigenvalue weighted by Crippen LogP contribution is -2.28. The highest BCUT2D eigenvalue weighted by Crippen LogP contribution is 2.33. The molecule has 5 nitrogen and oxygen atoms in total. The van der Waals surface area contributed by atoms with Gasteiger partial charge in [-0.1, -0.05) is 6.07 Å². The first-order valence-electron chi connectivity index (χ1n) is 6.14. The minimum absolute atomic E-state index is 0. The number of carbonyl (C=O) groups excluding carboxylic acids is 1. The molecule has 19 heavy (non-hydrogen) atoms. The number of hydrogen-bond acceptors (Lipinski definition) is 4. The standard InChI is InChI=1S/C13H18N2O3.ClH/c1-14-6-3-7-15-13(16)10-4-2-5-11-12(10)18-9-8-17-11;/h2,4-5,14H,3,6-9H2,1H3,(H,15,16);1H. The molecule has 0 aliphatic carbocycles. The summed E-state index contributed by atoms with van der Waals surface area (Å²) in [6.45, 7) is 2.54. The highest BCUT2D eigenvalue weighted by molar-refractivity contribution is 5.97. The van der Waals surface area contributed by atoms with Crippen LogP contribution in [0.25, 0.3) is 0 Å². The van der Waals surface area contributed by atoms with Crippen molar-refractivity contribution in [3.05, 3.63) is 23.8 Å². The monoisotopic (exact) mass is 286 g/mol. The van der Waals surface area contributed by atoms with E-state index in [0.717, 1.165) is 13.0 Å². The molecule has 0 spiro atoms. The molecule has 0 aromatic heterocycles. The van der Waals surface area contributed by atoms with Crippen molar-refractivity contribution in [1.29, 1.82) is 0 Å². The van der Waals surface area contributed by atoms with E-state index in [-0.39, 0.29) is 18.3 Å². The third kappa shape index (κ3) is 4.01. The molecular formula is C13H19ClN2O3. The van der Waals surface area contributed by atoms with Gasteiger partial charge in [-0.25, -0.2) is 0 Å². The molecular weight excluding hydrogens is 268 g/mol. The number of fused-ring (bicyclic) bond motifs is 1. The number of para-hydroxylation sites is 1. The van der Waals surface area contributed by atoms with E-state index in [9.17, 15) is 4.79 Å². The number of rotatable bonds is 5. The van der Waals surface area contributed by atoms with Gasteiger partial charge in [-0.05, 0) is 32.1 Å². The topological polar surface area (TPSA) is 59.6 Å². The van der Waals surface area contributed by atoms with Crippen molar-refractivity contribution in [2.45, 2.75) is 6.42 Å². The van der Waals surface area contributed by atoms with Gasteiger partial charge in [0, 0.05) is 6.54 Å². The van der Waals surface area contributed by atoms with Crippen molar-refractivity contribution in [1.82, 2.24) is 10.6 Å². The molecule has 0 bridgehead atoms. The first-order valence-corrected chi connectivity index (χ1v) is 6.14. The van der Waals surface area contributed by atoms with Crippen LogP contribution in [0.5, 0.6) is 11.5 Å². The summed E-state index contributed by atoms with van der Waals surface area (Å²) in [6, 6.07) is 5.36. The fraction of sp³-hybridized carbons (Fsp3) is 0.462. The maximum absolute atomic E-state index is 12.0. The van der Waals surface area contributed by atoms with Gasteiger partial charge in [0.1, 0.15) is 13.2 Å². The van der Waals surface area contributed by atoms with E-state index in [1.54, 1.807) is 12.1 Å². The van der Waals surface area contributed by atoms with E-state index in [4.69, 9.17) is 9.47 Å². The maximum Gasteiger partial charge on any atom is 0.255 e. The summed E-state index contributed by atoms with van der Waals surface area (Å²) in [6.07, 6.45) is 0.897. The average molecular weight is 287 g/mol. The lowest BCUT2D eigenvalue weighted by molar-refractivity contribution is 0.0942. The highest BCUT2D eigenvalue weighted by atomic mass is 35.5. The van der Waals surface area contributed by atoms with Gasteiger partial charge in [0.25, 0.3) is 5.91 Å². The van der Waals surface area contributed by atoms with Gasteiger partial charge >= 0.3 is 0 Å². The molecule has 0 unspecified atom stereocenters. The predicted octanol–water partition coefficient (Wildman–Crippen LogP) is 1.22. The second kappa shape index (κ2) is 7.86. The van der Waals surface area contributed by atoms with Crippen LogP contribution in [-0.4, -0.2) is 39.3 Å². The molecule has 1 aromatic rings. The Morgan fingerprint density at radius 1 is 1.26 bits per heavy atom. The van der Waals surface area contributed by atoms with Crippen LogP contribution in [0.4, 0.5) is 0 Å². The molecule has 2 rings (SSSR count). The minimum Gasteiger partial charge on any atom is -0.486 e. The molecule has 1 aliphatic heterocycles. The Kier molecular flexibility index (Phi) is 6.45. The Morgan fingerprint density at radius 3 is 2.84 bits per heavy atom. The largest absolute Gasteiger partial charge is 0.486 e. The molecule has 1 heterocycles. The number of benzene rings is 1. The maximum atomic E-state index is 12.0. The van der Waals surface area contributed by atoms with E-state index in [1.807, 2.05) is 13.1 Å². The molecule has 0 radical (unpaired) electrons. The lowest BCUT2D eigenvalue weighted by Gasteiger charge is -2.20. The summed E-state index contributed by atoms with van der Waals surface area (Å²) in [5, 5.41) is 5.90. The lowest BCUT2D eigenvalue weighted by atomic mass is 10.1. The fourth-order valence-electron chi connectivity index (χ4n) is 1.81. The normalized spacial score (nSPS) is 12.5. The average Bonchev–Trinajstić information content (AvgIpc) is 2.43. The van der Waals surface area contributed by atoms with Crippen molar-refractivity contribution in [3.63, 3.8) is 0 Å². The number of amides is 1. The van der Waals surface area contributed by atoms with Gasteiger partial charge in [-0.3, -0.25) is 4.79 Å². The van der Waals surface area contributed by atoms with Gasteiger partial charge in [0.15, 0.2) is 11.5 Å². The number of halogens is 1. The molecule has 106 valence electrons. The number of ether oxygens (including phenoxy) is 2. The first kappa shape index (κ1) is 15.6. The third-order valence-corrected chi connectivity index (χ3v) is 2.70. The second-order valence-electron chi connectivity index (χ2n) is 4.04. The molecule has 0 saturated carbocycles. The summed E-state index contributed by atoms with van der Waals surface area (Å²) >= 11 is 0.